The molecule has 1 saturated heterocycles. The van der Waals surface area contributed by atoms with Gasteiger partial charge < -0.3 is 24.0 Å². The van der Waals surface area contributed by atoms with Crippen LogP contribution < -0.4 is 15.5 Å². The van der Waals surface area contributed by atoms with Crippen LogP contribution >= 0.6 is 35.4 Å². The van der Waals surface area contributed by atoms with Gasteiger partial charge in [0.2, 0.25) is 5.91 Å². The number of nitrogens with one attached hydrogen (secondary N) is 2. The smallest absolute Gasteiger partial charge is 0.289 e. The third-order valence-electron chi connectivity index (χ3n) is 6.25. The Morgan fingerprint density at radius 2 is 1.73 bits per heavy atom. The minimum Gasteiger partial charge on any atom is -0.459 e. The molecule has 0 saturated carbocycles. The Hall–Kier alpha value is -4.05. The van der Waals surface area contributed by atoms with Crippen molar-refractivity contribution >= 4 is 69.8 Å². The molecule has 0 unspecified atom stereocenters. The molecule has 5 rings (SSSR count). The number of rotatable bonds is 6. The van der Waals surface area contributed by atoms with Gasteiger partial charge in [-0.2, -0.15) is 0 Å². The van der Waals surface area contributed by atoms with Crippen molar-refractivity contribution in [2.75, 3.05) is 36.4 Å². The highest BCUT2D eigenvalue weighted by molar-refractivity contribution is 7.80. The average molecular weight is 596 g/mol. The minimum atomic E-state index is -0.404. The van der Waals surface area contributed by atoms with Crippen molar-refractivity contribution in [1.82, 2.24) is 10.2 Å². The van der Waals surface area contributed by atoms with Gasteiger partial charge in [-0.15, -0.1) is 0 Å². The number of hydrogen-bond acceptors (Lipinski definition) is 6. The van der Waals surface area contributed by atoms with E-state index >= 15 is 0 Å². The van der Waals surface area contributed by atoms with Crippen LogP contribution in [-0.4, -0.2) is 48.0 Å². The highest BCUT2D eigenvalue weighted by atomic mass is 35.5. The number of carbonyl (C=O) groups excluding carboxylic acids is 2. The molecule has 2 amide bonds. The first-order chi connectivity index (χ1) is 19.4. The minimum absolute atomic E-state index is 0.0913. The second-order valence-corrected chi connectivity index (χ2v) is 10.2. The summed E-state index contributed by atoms with van der Waals surface area (Å²) in [5.74, 6) is 0.908. The molecule has 8 nitrogen and oxygen atoms in total. The molecule has 3 heterocycles. The fourth-order valence-electron chi connectivity index (χ4n) is 4.23. The van der Waals surface area contributed by atoms with E-state index < -0.39 is 5.91 Å². The predicted octanol–water partition coefficient (Wildman–Crippen LogP) is 6.34. The normalized spacial score (nSPS) is 13.4. The van der Waals surface area contributed by atoms with E-state index in [9.17, 15) is 9.59 Å². The topological polar surface area (TPSA) is 91.0 Å². The van der Waals surface area contributed by atoms with Crippen LogP contribution in [0.15, 0.2) is 87.9 Å². The first-order valence-corrected chi connectivity index (χ1v) is 13.6. The summed E-state index contributed by atoms with van der Waals surface area (Å²) < 4.78 is 11.0. The molecule has 1 aliphatic heterocycles. The van der Waals surface area contributed by atoms with Crippen molar-refractivity contribution in [1.29, 1.82) is 0 Å². The molecule has 40 heavy (non-hydrogen) atoms. The van der Waals surface area contributed by atoms with Crippen molar-refractivity contribution in [3.05, 3.63) is 101 Å². The quantitative estimate of drug-likeness (QED) is 0.199. The summed E-state index contributed by atoms with van der Waals surface area (Å²) in [6, 6.07) is 19.7. The van der Waals surface area contributed by atoms with E-state index in [-0.39, 0.29) is 11.0 Å². The molecular weight excluding hydrogens is 571 g/mol. The first-order valence-electron chi connectivity index (χ1n) is 12.4. The first kappa shape index (κ1) is 27.5. The van der Waals surface area contributed by atoms with E-state index in [1.54, 1.807) is 53.4 Å². The Bertz CT molecular complexity index is 1540. The molecule has 0 spiro atoms. The summed E-state index contributed by atoms with van der Waals surface area (Å²) >= 11 is 17.5. The number of amides is 2. The molecule has 0 radical (unpaired) electrons. The zero-order valence-corrected chi connectivity index (χ0v) is 23.4. The van der Waals surface area contributed by atoms with Crippen LogP contribution in [0.4, 0.5) is 11.4 Å². The van der Waals surface area contributed by atoms with Crippen molar-refractivity contribution in [2.24, 2.45) is 0 Å². The van der Waals surface area contributed by atoms with Crippen molar-refractivity contribution in [2.45, 2.75) is 0 Å². The lowest BCUT2D eigenvalue weighted by Gasteiger charge is -2.35. The molecule has 1 aliphatic rings. The van der Waals surface area contributed by atoms with E-state index in [1.165, 1.54) is 12.3 Å². The number of anilines is 2. The van der Waals surface area contributed by atoms with Gasteiger partial charge >= 0.3 is 0 Å². The maximum atomic E-state index is 12.5. The standard InChI is InChI=1S/C29H24Cl2N4O4S/c30-19-3-10-23(24(31)18-19)25-11-8-22(39-25)9-12-27(36)33-29(40)32-20-4-6-21(7-5-20)34-13-15-35(16-14-34)28(37)26-2-1-17-38-26/h1-12,17-18H,13-16H2,(H2,32,33,36,40)/b12-9+. The fraction of sp³-hybridized carbons (Fsp3) is 0.138. The van der Waals surface area contributed by atoms with Crippen LogP contribution in [0.5, 0.6) is 0 Å². The van der Waals surface area contributed by atoms with Crippen LogP contribution in [0.2, 0.25) is 10.0 Å². The van der Waals surface area contributed by atoms with Crippen LogP contribution in [0.3, 0.4) is 0 Å². The number of benzene rings is 2. The molecule has 1 fully saturated rings. The third kappa shape index (κ3) is 6.74. The summed E-state index contributed by atoms with van der Waals surface area (Å²) in [6.45, 7) is 2.64. The number of hydrogen-bond donors (Lipinski definition) is 2. The monoisotopic (exact) mass is 594 g/mol. The molecule has 11 heteroatoms. The zero-order valence-electron chi connectivity index (χ0n) is 21.1. The van der Waals surface area contributed by atoms with Crippen LogP contribution in [0.1, 0.15) is 16.3 Å². The molecule has 2 aromatic heterocycles. The maximum absolute atomic E-state index is 12.5. The molecule has 204 valence electrons. The molecule has 0 atom stereocenters. The van der Waals surface area contributed by atoms with Crippen molar-refractivity contribution < 1.29 is 18.4 Å². The van der Waals surface area contributed by atoms with E-state index in [2.05, 4.69) is 15.5 Å². The number of carbonyl (C=O) groups is 2. The number of halogens is 2. The highest BCUT2D eigenvalue weighted by Crippen LogP contribution is 2.31. The number of piperazine rings is 1. The maximum Gasteiger partial charge on any atom is 0.289 e. The van der Waals surface area contributed by atoms with E-state index in [0.29, 0.717) is 59.1 Å². The zero-order chi connectivity index (χ0) is 28.1. The summed E-state index contributed by atoms with van der Waals surface area (Å²) in [4.78, 5) is 28.8. The van der Waals surface area contributed by atoms with Gasteiger partial charge in [0.1, 0.15) is 11.5 Å². The van der Waals surface area contributed by atoms with Crippen molar-refractivity contribution in [3.8, 4) is 11.3 Å². The van der Waals surface area contributed by atoms with Gasteiger partial charge in [0, 0.05) is 54.2 Å². The van der Waals surface area contributed by atoms with Gasteiger partial charge in [-0.25, -0.2) is 0 Å². The van der Waals surface area contributed by atoms with E-state index in [0.717, 1.165) is 11.4 Å². The van der Waals surface area contributed by atoms with Crippen LogP contribution in [0.25, 0.3) is 17.4 Å². The Morgan fingerprint density at radius 3 is 2.42 bits per heavy atom. The van der Waals surface area contributed by atoms with Crippen LogP contribution in [-0.2, 0) is 4.79 Å². The van der Waals surface area contributed by atoms with Crippen molar-refractivity contribution in [3.63, 3.8) is 0 Å². The fourth-order valence-corrected chi connectivity index (χ4v) is 4.95. The lowest BCUT2D eigenvalue weighted by atomic mass is 10.2. The third-order valence-corrected chi connectivity index (χ3v) is 7.00. The Labute approximate surface area is 246 Å². The number of thiocarbonyl (C=S) groups is 1. The van der Waals surface area contributed by atoms with Gasteiger partial charge in [-0.1, -0.05) is 23.2 Å². The SMILES string of the molecule is O=C(/C=C/c1ccc(-c2ccc(Cl)cc2Cl)o1)NC(=S)Nc1ccc(N2CCN(C(=O)c3ccco3)CC2)cc1. The molecule has 4 aromatic rings. The molecule has 0 bridgehead atoms. The van der Waals surface area contributed by atoms with Gasteiger partial charge in [0.15, 0.2) is 10.9 Å². The Balaban J connectivity index is 1.09. The molecule has 0 aliphatic carbocycles. The summed E-state index contributed by atoms with van der Waals surface area (Å²) in [5.41, 5.74) is 2.47. The van der Waals surface area contributed by atoms with E-state index in [1.807, 2.05) is 24.3 Å². The van der Waals surface area contributed by atoms with E-state index in [4.69, 9.17) is 44.3 Å². The van der Waals surface area contributed by atoms with Gasteiger partial charge in [0.05, 0.1) is 11.3 Å². The van der Waals surface area contributed by atoms with Gasteiger partial charge in [-0.3, -0.25) is 14.9 Å². The lowest BCUT2D eigenvalue weighted by molar-refractivity contribution is -0.115. The number of furan rings is 2. The summed E-state index contributed by atoms with van der Waals surface area (Å²) in [7, 11) is 0. The van der Waals surface area contributed by atoms with Gasteiger partial charge in [0.25, 0.3) is 5.91 Å². The van der Waals surface area contributed by atoms with Gasteiger partial charge in [-0.05, 0) is 85.0 Å². The highest BCUT2D eigenvalue weighted by Gasteiger charge is 2.23. The average Bonchev–Trinajstić information content (AvgIpc) is 3.65. The molecular formula is C29H24Cl2N4O4S. The summed E-state index contributed by atoms with van der Waals surface area (Å²) in [6.07, 6.45) is 4.38. The second-order valence-electron chi connectivity index (χ2n) is 8.91. The number of nitrogens with zero attached hydrogens (tertiary/aromatic N) is 2. The molecule has 2 N–H and O–H groups in total. The second kappa shape index (κ2) is 12.4. The predicted molar refractivity (Wildman–Crippen MR) is 161 cm³/mol. The summed E-state index contributed by atoms with van der Waals surface area (Å²) in [5, 5.41) is 6.80. The molecule has 2 aromatic carbocycles. The lowest BCUT2D eigenvalue weighted by Crippen LogP contribution is -2.48. The Morgan fingerprint density at radius 1 is 0.950 bits per heavy atom. The Kier molecular flexibility index (Phi) is 8.54. The largest absolute Gasteiger partial charge is 0.459 e. The van der Waals surface area contributed by atoms with Crippen LogP contribution in [0, 0.1) is 0 Å².